The van der Waals surface area contributed by atoms with Crippen molar-refractivity contribution in [1.29, 1.82) is 0 Å². The summed E-state index contributed by atoms with van der Waals surface area (Å²) in [5.41, 5.74) is 1.64. The smallest absolute Gasteiger partial charge is 0.114 e. The summed E-state index contributed by atoms with van der Waals surface area (Å²) in [4.78, 5) is 4.73. The second-order valence-electron chi connectivity index (χ2n) is 5.74. The van der Waals surface area contributed by atoms with E-state index in [1.807, 2.05) is 11.3 Å². The minimum atomic E-state index is 0.0973. The Bertz CT molecular complexity index is 383. The summed E-state index contributed by atoms with van der Waals surface area (Å²) in [5, 5.41) is 7.15. The topological polar surface area (TPSA) is 24.9 Å². The number of thiazole rings is 1. The van der Waals surface area contributed by atoms with Crippen molar-refractivity contribution in [3.63, 3.8) is 0 Å². The number of nitrogens with zero attached hydrogens (tertiary/aromatic N) is 1. The van der Waals surface area contributed by atoms with E-state index in [-0.39, 0.29) is 5.54 Å². The van der Waals surface area contributed by atoms with Gasteiger partial charge in [0.1, 0.15) is 5.01 Å². The predicted octanol–water partition coefficient (Wildman–Crippen LogP) is 3.42. The highest BCUT2D eigenvalue weighted by Gasteiger charge is 2.43. The average molecular weight is 270 g/mol. The largest absolute Gasteiger partial charge is 0.305 e. The molecular weight excluding hydrogens is 248 g/mol. The molecule has 0 bridgehead atoms. The Morgan fingerprint density at radius 3 is 2.71 bits per heavy atom. The molecule has 1 atom stereocenters. The number of rotatable bonds is 3. The molecule has 2 rings (SSSR count). The third kappa shape index (κ3) is 2.85. The van der Waals surface area contributed by atoms with Crippen LogP contribution in [-0.4, -0.2) is 23.0 Å². The summed E-state index contributed by atoms with van der Waals surface area (Å²) in [7, 11) is 0. The second kappa shape index (κ2) is 4.90. The summed E-state index contributed by atoms with van der Waals surface area (Å²) < 4.78 is 0. The zero-order valence-electron chi connectivity index (χ0n) is 11.2. The Morgan fingerprint density at radius 1 is 1.41 bits per heavy atom. The Kier molecular flexibility index (Phi) is 3.86. The minimum Gasteiger partial charge on any atom is -0.305 e. The van der Waals surface area contributed by atoms with Crippen molar-refractivity contribution in [2.45, 2.75) is 39.7 Å². The summed E-state index contributed by atoms with van der Waals surface area (Å²) in [6.07, 6.45) is 1.19. The van der Waals surface area contributed by atoms with Crippen LogP contribution >= 0.6 is 23.1 Å². The first-order valence-corrected chi connectivity index (χ1v) is 8.26. The Morgan fingerprint density at radius 2 is 2.18 bits per heavy atom. The maximum absolute atomic E-state index is 4.73. The van der Waals surface area contributed by atoms with Gasteiger partial charge in [0.2, 0.25) is 0 Å². The van der Waals surface area contributed by atoms with Gasteiger partial charge >= 0.3 is 0 Å². The van der Waals surface area contributed by atoms with E-state index in [9.17, 15) is 0 Å². The zero-order chi connectivity index (χ0) is 12.5. The van der Waals surface area contributed by atoms with Gasteiger partial charge in [-0.05, 0) is 31.1 Å². The number of hydrogen-bond donors (Lipinski definition) is 1. The molecule has 0 spiro atoms. The SMILES string of the molecule is CCNC1(c2nc(C)cs2)CSCC(C)(C)C1. The van der Waals surface area contributed by atoms with Crippen LogP contribution in [0.3, 0.4) is 0 Å². The van der Waals surface area contributed by atoms with Crippen molar-refractivity contribution < 1.29 is 0 Å². The van der Waals surface area contributed by atoms with Gasteiger partial charge in [-0.1, -0.05) is 20.8 Å². The predicted molar refractivity (Wildman–Crippen MR) is 77.9 cm³/mol. The average Bonchev–Trinajstić information content (AvgIpc) is 2.64. The van der Waals surface area contributed by atoms with Gasteiger partial charge in [-0.3, -0.25) is 0 Å². The Labute approximate surface area is 113 Å². The molecule has 2 heterocycles. The van der Waals surface area contributed by atoms with Crippen LogP contribution in [0.4, 0.5) is 0 Å². The van der Waals surface area contributed by atoms with Gasteiger partial charge in [0, 0.05) is 16.8 Å². The molecule has 17 heavy (non-hydrogen) atoms. The summed E-state index contributed by atoms with van der Waals surface area (Å²) in [5.74, 6) is 2.40. The molecule has 1 aromatic rings. The molecule has 1 aliphatic heterocycles. The fourth-order valence-corrected chi connectivity index (χ4v) is 5.17. The maximum Gasteiger partial charge on any atom is 0.114 e. The fraction of sp³-hybridized carbons (Fsp3) is 0.769. The summed E-state index contributed by atoms with van der Waals surface area (Å²) >= 11 is 3.87. The van der Waals surface area contributed by atoms with Crippen molar-refractivity contribution >= 4 is 23.1 Å². The van der Waals surface area contributed by atoms with Crippen molar-refractivity contribution in [3.05, 3.63) is 16.1 Å². The highest BCUT2D eigenvalue weighted by atomic mass is 32.2. The van der Waals surface area contributed by atoms with Gasteiger partial charge in [0.25, 0.3) is 0 Å². The molecule has 2 nitrogen and oxygen atoms in total. The number of aromatic nitrogens is 1. The molecule has 0 aliphatic carbocycles. The first-order valence-electron chi connectivity index (χ1n) is 6.23. The summed E-state index contributed by atoms with van der Waals surface area (Å²) in [6, 6.07) is 0. The highest BCUT2D eigenvalue weighted by Crippen LogP contribution is 2.45. The van der Waals surface area contributed by atoms with E-state index in [4.69, 9.17) is 4.98 Å². The van der Waals surface area contributed by atoms with Crippen molar-refractivity contribution in [3.8, 4) is 0 Å². The first-order chi connectivity index (χ1) is 7.97. The van der Waals surface area contributed by atoms with Gasteiger partial charge < -0.3 is 5.32 Å². The van der Waals surface area contributed by atoms with Crippen molar-refractivity contribution in [2.24, 2.45) is 5.41 Å². The number of nitrogens with one attached hydrogen (secondary N) is 1. The Hall–Kier alpha value is -0.0600. The van der Waals surface area contributed by atoms with Crippen LogP contribution in [0.15, 0.2) is 5.38 Å². The van der Waals surface area contributed by atoms with Crippen molar-refractivity contribution in [2.75, 3.05) is 18.1 Å². The van der Waals surface area contributed by atoms with Crippen LogP contribution in [-0.2, 0) is 5.54 Å². The molecule has 96 valence electrons. The van der Waals surface area contributed by atoms with E-state index < -0.39 is 0 Å². The monoisotopic (exact) mass is 270 g/mol. The zero-order valence-corrected chi connectivity index (χ0v) is 12.8. The van der Waals surface area contributed by atoms with Crippen LogP contribution in [0.2, 0.25) is 0 Å². The lowest BCUT2D eigenvalue weighted by molar-refractivity contribution is 0.227. The maximum atomic E-state index is 4.73. The van der Waals surface area contributed by atoms with Gasteiger partial charge in [0.15, 0.2) is 0 Å². The van der Waals surface area contributed by atoms with E-state index >= 15 is 0 Å². The van der Waals surface area contributed by atoms with E-state index in [0.29, 0.717) is 5.41 Å². The lowest BCUT2D eigenvalue weighted by atomic mass is 9.80. The molecule has 1 fully saturated rings. The second-order valence-corrected chi connectivity index (χ2v) is 7.58. The molecule has 1 N–H and O–H groups in total. The number of hydrogen-bond acceptors (Lipinski definition) is 4. The van der Waals surface area contributed by atoms with E-state index in [1.165, 1.54) is 17.2 Å². The fourth-order valence-electron chi connectivity index (χ4n) is 2.66. The van der Waals surface area contributed by atoms with Crippen LogP contribution in [0.25, 0.3) is 0 Å². The molecule has 4 heteroatoms. The normalized spacial score (nSPS) is 28.2. The van der Waals surface area contributed by atoms with Gasteiger partial charge in [0.05, 0.1) is 5.54 Å². The number of thioether (sulfide) groups is 1. The van der Waals surface area contributed by atoms with Crippen LogP contribution in [0, 0.1) is 12.3 Å². The Balaban J connectivity index is 2.32. The molecule has 1 saturated heterocycles. The molecule has 0 aromatic carbocycles. The van der Waals surface area contributed by atoms with Gasteiger partial charge in [-0.15, -0.1) is 11.3 Å². The molecule has 1 aromatic heterocycles. The molecule has 0 amide bonds. The summed E-state index contributed by atoms with van der Waals surface area (Å²) in [6.45, 7) is 10.0. The quantitative estimate of drug-likeness (QED) is 0.911. The van der Waals surface area contributed by atoms with Gasteiger partial charge in [-0.25, -0.2) is 4.98 Å². The van der Waals surface area contributed by atoms with E-state index in [1.54, 1.807) is 0 Å². The third-order valence-corrected chi connectivity index (χ3v) is 6.01. The van der Waals surface area contributed by atoms with E-state index in [0.717, 1.165) is 18.0 Å². The molecule has 0 saturated carbocycles. The van der Waals surface area contributed by atoms with E-state index in [2.05, 4.69) is 50.2 Å². The van der Waals surface area contributed by atoms with Crippen LogP contribution < -0.4 is 5.32 Å². The molecular formula is C13H22N2S2. The molecule has 1 aliphatic rings. The molecule has 0 radical (unpaired) electrons. The standard InChI is InChI=1S/C13H22N2S2/c1-5-14-13(11-15-10(2)6-17-11)7-12(3,4)8-16-9-13/h6,14H,5,7-9H2,1-4H3. The lowest BCUT2D eigenvalue weighted by Gasteiger charge is -2.44. The van der Waals surface area contributed by atoms with Crippen molar-refractivity contribution in [1.82, 2.24) is 10.3 Å². The number of aryl methyl sites for hydroxylation is 1. The van der Waals surface area contributed by atoms with Crippen LogP contribution in [0.5, 0.6) is 0 Å². The minimum absolute atomic E-state index is 0.0973. The van der Waals surface area contributed by atoms with Crippen LogP contribution in [0.1, 0.15) is 37.9 Å². The highest BCUT2D eigenvalue weighted by molar-refractivity contribution is 7.99. The molecule has 1 unspecified atom stereocenters. The lowest BCUT2D eigenvalue weighted by Crippen LogP contribution is -2.50. The first kappa shape index (κ1) is 13.4. The van der Waals surface area contributed by atoms with Gasteiger partial charge in [-0.2, -0.15) is 11.8 Å². The third-order valence-electron chi connectivity index (χ3n) is 3.17.